The van der Waals surface area contributed by atoms with Crippen molar-refractivity contribution in [1.29, 1.82) is 0 Å². The third kappa shape index (κ3) is 10.0. The van der Waals surface area contributed by atoms with Crippen LogP contribution < -0.4 is 5.32 Å². The summed E-state index contributed by atoms with van der Waals surface area (Å²) in [7, 11) is 4.79. The zero-order valence-corrected chi connectivity index (χ0v) is 40.5. The fourth-order valence-corrected chi connectivity index (χ4v) is 11.7. The second-order valence-electron chi connectivity index (χ2n) is 22.5. The van der Waals surface area contributed by atoms with Crippen LogP contribution in [-0.4, -0.2) is 130 Å². The van der Waals surface area contributed by atoms with Gasteiger partial charge in [0, 0.05) is 27.7 Å². The van der Waals surface area contributed by atoms with Crippen molar-refractivity contribution < 1.29 is 52.6 Å². The molecule has 4 rings (SSSR count). The van der Waals surface area contributed by atoms with Gasteiger partial charge in [-0.2, -0.15) is 15.2 Å². The molecule has 0 bridgehead atoms. The Labute approximate surface area is 360 Å². The third-order valence-electron chi connectivity index (χ3n) is 14.0. The summed E-state index contributed by atoms with van der Waals surface area (Å²) in [5.74, 6) is -3.76. The van der Waals surface area contributed by atoms with E-state index >= 15 is 0 Å². The molecule has 6 unspecified atom stereocenters. The van der Waals surface area contributed by atoms with Crippen molar-refractivity contribution in [2.24, 2.45) is 23.7 Å². The van der Waals surface area contributed by atoms with Crippen LogP contribution in [-0.2, 0) is 52.6 Å². The van der Waals surface area contributed by atoms with Crippen LogP contribution in [0.4, 0.5) is 0 Å². The van der Waals surface area contributed by atoms with Crippen molar-refractivity contribution in [3.05, 3.63) is 0 Å². The molecule has 0 amide bonds. The first-order chi connectivity index (χ1) is 27.2. The minimum atomic E-state index is -0.904. The van der Waals surface area contributed by atoms with Crippen LogP contribution >= 0.6 is 0 Å². The highest BCUT2D eigenvalue weighted by molar-refractivity contribution is 5.77. The van der Waals surface area contributed by atoms with Gasteiger partial charge < -0.3 is 38.8 Å². The molecule has 346 valence electrons. The highest BCUT2D eigenvalue weighted by atomic mass is 16.7. The minimum Gasteiger partial charge on any atom is -0.461 e. The molecular weight excluding hydrogens is 773 g/mol. The van der Waals surface area contributed by atoms with E-state index in [0.29, 0.717) is 25.7 Å². The number of ether oxygens (including phenoxy) is 4. The molecule has 4 fully saturated rings. The lowest BCUT2D eigenvalue weighted by Crippen LogP contribution is -2.50. The molecule has 0 aromatic carbocycles. The Bertz CT molecular complexity index is 1590. The Morgan fingerprint density at radius 2 is 0.783 bits per heavy atom. The van der Waals surface area contributed by atoms with Crippen LogP contribution in [0.15, 0.2) is 0 Å². The third-order valence-corrected chi connectivity index (χ3v) is 14.0. The standard InChI is InChI=1S/C45H80N4O11/c1-38(2)22-30(42(9,10)46-38)36(52)59-28(26-57-34(50)31-23-39(3,4)47(54-17)43(31,11)12)20-21-29(60-37(53)33-25-41(7,8)49(56-19)45(33,15)16)27-58-35(51)32-24-40(5,6)48(55-18)44(32,13)14/h28-33,46H,20-27H2,1-19H3. The van der Waals surface area contributed by atoms with Crippen LogP contribution in [0.25, 0.3) is 0 Å². The minimum absolute atomic E-state index is 0.153. The van der Waals surface area contributed by atoms with Crippen LogP contribution in [0.5, 0.6) is 0 Å². The molecule has 4 aliphatic heterocycles. The molecule has 60 heavy (non-hydrogen) atoms. The highest BCUT2D eigenvalue weighted by Crippen LogP contribution is 2.48. The number of esters is 4. The number of hydroxylamine groups is 6. The Morgan fingerprint density at radius 1 is 0.483 bits per heavy atom. The molecule has 0 aromatic heterocycles. The lowest BCUT2D eigenvalue weighted by atomic mass is 9.87. The van der Waals surface area contributed by atoms with Gasteiger partial charge in [-0.05, 0) is 149 Å². The van der Waals surface area contributed by atoms with E-state index in [1.165, 1.54) is 0 Å². The zero-order valence-electron chi connectivity index (χ0n) is 40.5. The molecule has 4 saturated heterocycles. The summed E-state index contributed by atoms with van der Waals surface area (Å²) in [5, 5.41) is 9.03. The van der Waals surface area contributed by atoms with Gasteiger partial charge in [0.25, 0.3) is 0 Å². The van der Waals surface area contributed by atoms with E-state index in [1.807, 2.05) is 112 Å². The van der Waals surface area contributed by atoms with Gasteiger partial charge in [-0.15, -0.1) is 0 Å². The maximum atomic E-state index is 14.2. The quantitative estimate of drug-likeness (QED) is 0.139. The summed E-state index contributed by atoms with van der Waals surface area (Å²) < 4.78 is 24.6. The number of carbonyl (C=O) groups excluding carboxylic acids is 4. The average Bonchev–Trinajstić information content (AvgIpc) is 3.61. The number of carbonyl (C=O) groups is 4. The number of hydrogen-bond acceptors (Lipinski definition) is 15. The summed E-state index contributed by atoms with van der Waals surface area (Å²) >= 11 is 0. The predicted molar refractivity (Wildman–Crippen MR) is 226 cm³/mol. The normalized spacial score (nSPS) is 30.7. The largest absolute Gasteiger partial charge is 0.461 e. The fourth-order valence-electron chi connectivity index (χ4n) is 11.7. The van der Waals surface area contributed by atoms with Crippen molar-refractivity contribution in [1.82, 2.24) is 20.5 Å². The van der Waals surface area contributed by atoms with Gasteiger partial charge in [0.2, 0.25) is 0 Å². The second kappa shape index (κ2) is 17.3. The van der Waals surface area contributed by atoms with Gasteiger partial charge in [-0.3, -0.25) is 19.2 Å². The van der Waals surface area contributed by atoms with E-state index in [0.717, 1.165) is 0 Å². The van der Waals surface area contributed by atoms with Crippen molar-refractivity contribution in [3.63, 3.8) is 0 Å². The molecule has 4 aliphatic rings. The van der Waals surface area contributed by atoms with E-state index in [9.17, 15) is 19.2 Å². The molecule has 6 atom stereocenters. The van der Waals surface area contributed by atoms with Gasteiger partial charge in [-0.25, -0.2) is 0 Å². The van der Waals surface area contributed by atoms with Crippen LogP contribution in [0.1, 0.15) is 149 Å². The average molecular weight is 853 g/mol. The first kappa shape index (κ1) is 50.2. The van der Waals surface area contributed by atoms with E-state index in [1.54, 1.807) is 21.3 Å². The van der Waals surface area contributed by atoms with Gasteiger partial charge in [0.15, 0.2) is 0 Å². The summed E-state index contributed by atoms with van der Waals surface area (Å²) in [4.78, 5) is 73.2. The van der Waals surface area contributed by atoms with Gasteiger partial charge in [0.05, 0.1) is 61.6 Å². The smallest absolute Gasteiger partial charge is 0.311 e. The van der Waals surface area contributed by atoms with Gasteiger partial charge in [-0.1, -0.05) is 0 Å². The lowest BCUT2D eigenvalue weighted by molar-refractivity contribution is -0.226. The number of hydrogen-bond donors (Lipinski definition) is 1. The number of rotatable bonds is 16. The molecule has 0 spiro atoms. The molecule has 15 nitrogen and oxygen atoms in total. The Balaban J connectivity index is 1.60. The lowest BCUT2D eigenvalue weighted by Gasteiger charge is -2.39. The number of nitrogens with zero attached hydrogens (tertiary/aromatic N) is 3. The van der Waals surface area contributed by atoms with E-state index < -0.39 is 98.5 Å². The topological polar surface area (TPSA) is 155 Å². The fraction of sp³-hybridized carbons (Fsp3) is 0.911. The Hall–Kier alpha value is -2.40. The molecule has 0 aliphatic carbocycles. The first-order valence-electron chi connectivity index (χ1n) is 21.8. The molecule has 0 saturated carbocycles. The molecule has 4 heterocycles. The van der Waals surface area contributed by atoms with Crippen molar-refractivity contribution in [3.8, 4) is 0 Å². The van der Waals surface area contributed by atoms with Crippen molar-refractivity contribution in [2.75, 3.05) is 34.5 Å². The van der Waals surface area contributed by atoms with Crippen molar-refractivity contribution >= 4 is 23.9 Å². The molecular formula is C45H80N4O11. The van der Waals surface area contributed by atoms with Crippen molar-refractivity contribution in [2.45, 2.75) is 206 Å². The van der Waals surface area contributed by atoms with Gasteiger partial charge >= 0.3 is 23.9 Å². The summed E-state index contributed by atoms with van der Waals surface area (Å²) in [6, 6.07) is 0. The maximum absolute atomic E-state index is 14.2. The molecule has 1 N–H and O–H groups in total. The summed E-state index contributed by atoms with van der Waals surface area (Å²) in [6.07, 6.45) is 0.557. The van der Waals surface area contributed by atoms with E-state index in [-0.39, 0.29) is 31.6 Å². The summed E-state index contributed by atoms with van der Waals surface area (Å²) in [5.41, 5.74) is -4.20. The van der Waals surface area contributed by atoms with Crippen LogP contribution in [0.3, 0.4) is 0 Å². The summed E-state index contributed by atoms with van der Waals surface area (Å²) in [6.45, 7) is 31.4. The van der Waals surface area contributed by atoms with Crippen LogP contribution in [0, 0.1) is 23.7 Å². The van der Waals surface area contributed by atoms with Gasteiger partial charge in [0.1, 0.15) is 25.4 Å². The van der Waals surface area contributed by atoms with E-state index in [4.69, 9.17) is 33.5 Å². The second-order valence-corrected chi connectivity index (χ2v) is 22.5. The Morgan fingerprint density at radius 3 is 1.05 bits per heavy atom. The van der Waals surface area contributed by atoms with E-state index in [2.05, 4.69) is 19.2 Å². The zero-order chi connectivity index (χ0) is 45.8. The Kier molecular flexibility index (Phi) is 14.5. The SMILES string of the molecule is CON1C(C)(C)CC(C(=O)OCC(CCC(COC(=O)C2CC(C)(C)N(OC)C2(C)C)OC(=O)C2CC(C)(C)N(OC)C2(C)C)OC(=O)C2CC(C)(C)NC2(C)C)C1(C)C. The highest BCUT2D eigenvalue weighted by Gasteiger charge is 2.59. The number of nitrogens with one attached hydrogen (secondary N) is 1. The molecule has 0 radical (unpaired) electrons. The maximum Gasteiger partial charge on any atom is 0.311 e. The monoisotopic (exact) mass is 853 g/mol. The first-order valence-corrected chi connectivity index (χ1v) is 21.8. The molecule has 0 aromatic rings. The molecule has 15 heteroatoms. The van der Waals surface area contributed by atoms with Crippen LogP contribution in [0.2, 0.25) is 0 Å². The predicted octanol–water partition coefficient (Wildman–Crippen LogP) is 6.16.